The van der Waals surface area contributed by atoms with Crippen LogP contribution in [0.1, 0.15) is 174 Å². The second kappa shape index (κ2) is 64.7. The van der Waals surface area contributed by atoms with Crippen LogP contribution in [0.4, 0.5) is 41.5 Å². The third-order valence-electron chi connectivity index (χ3n) is 20.2. The van der Waals surface area contributed by atoms with Crippen LogP contribution in [0.3, 0.4) is 0 Å². The second-order valence-electron chi connectivity index (χ2n) is 30.8. The summed E-state index contributed by atoms with van der Waals surface area (Å²) in [5.74, 6) is -7.52. The summed E-state index contributed by atoms with van der Waals surface area (Å²) in [6, 6.07) is 14.9. The van der Waals surface area contributed by atoms with Crippen molar-refractivity contribution in [3.8, 4) is 0 Å². The molecule has 0 saturated carbocycles. The molecule has 48 heteroatoms. The van der Waals surface area contributed by atoms with Gasteiger partial charge < -0.3 is 156 Å². The molecule has 5 aromatic rings. The Morgan fingerprint density at radius 2 is 0.644 bits per heavy atom. The molecule has 0 aliphatic carbocycles. The van der Waals surface area contributed by atoms with Gasteiger partial charge in [-0.05, 0) is 136 Å². The summed E-state index contributed by atoms with van der Waals surface area (Å²) in [4.78, 5) is 181. The minimum Gasteiger partial charge on any atom is -0.480 e. The number of nitrogens with one attached hydrogen (secondary N) is 10. The van der Waals surface area contributed by atoms with Gasteiger partial charge in [0.2, 0.25) is 0 Å². The van der Waals surface area contributed by atoms with Gasteiger partial charge >= 0.3 is 30.0 Å². The van der Waals surface area contributed by atoms with Crippen molar-refractivity contribution >= 4 is 99.5 Å². The topological polar surface area (TPSA) is 755 Å². The number of nitrogens with zero attached hydrogens (tertiary/aromatic N) is 4. The predicted molar refractivity (Wildman–Crippen MR) is 482 cm³/mol. The number of nitrogen functional groups attached to an aromatic ring is 1. The molecule has 10 unspecified atom stereocenters. The van der Waals surface area contributed by atoms with E-state index in [1.807, 2.05) is 4.90 Å². The summed E-state index contributed by atoms with van der Waals surface area (Å²) >= 11 is 0. The molecular weight excluding hydrogens is 1820 g/mol. The summed E-state index contributed by atoms with van der Waals surface area (Å²) < 4.78 is 15.5. The van der Waals surface area contributed by atoms with Crippen LogP contribution >= 0.6 is 0 Å². The first-order chi connectivity index (χ1) is 63.8. The molecule has 4 aromatic carbocycles. The molecule has 10 atom stereocenters. The Morgan fingerprint density at radius 1 is 0.385 bits per heavy atom. The van der Waals surface area contributed by atoms with Crippen LogP contribution in [0.2, 0.25) is 0 Å². The average molecular weight is 1950 g/mol. The van der Waals surface area contributed by atoms with Crippen LogP contribution < -0.4 is 58.9 Å². The molecule has 1 aliphatic rings. The molecule has 0 fully saturated rings. The summed E-state index contributed by atoms with van der Waals surface area (Å²) in [5.41, 5.74) is 6.27. The Kier molecular flexibility index (Phi) is 56.6. The van der Waals surface area contributed by atoms with E-state index in [4.69, 9.17) is 22.3 Å². The molecule has 1 radical (unpaired) electrons. The van der Waals surface area contributed by atoms with Gasteiger partial charge in [-0.25, -0.2) is 14.4 Å². The molecule has 0 spiro atoms. The molecule has 751 valence electrons. The number of carbonyl (C=O) groups excluding carboxylic acids is 11. The van der Waals surface area contributed by atoms with Gasteiger partial charge in [0.25, 0.3) is 23.6 Å². The van der Waals surface area contributed by atoms with Crippen LogP contribution in [0.5, 0.6) is 0 Å². The number of benzene rings is 4. The number of ketones is 4. The second-order valence-corrected chi connectivity index (χ2v) is 30.8. The van der Waals surface area contributed by atoms with E-state index in [1.54, 1.807) is 28.0 Å². The van der Waals surface area contributed by atoms with Gasteiger partial charge in [0.1, 0.15) is 12.1 Å². The molecule has 1 aliphatic heterocycles. The maximum atomic E-state index is 13.6. The fourth-order valence-corrected chi connectivity index (χ4v) is 12.8. The maximum Gasteiger partial charge on any atom is 0.320 e. The van der Waals surface area contributed by atoms with Crippen molar-refractivity contribution in [2.75, 3.05) is 160 Å². The van der Waals surface area contributed by atoms with Crippen molar-refractivity contribution in [2.45, 2.75) is 152 Å². The van der Waals surface area contributed by atoms with Gasteiger partial charge in [-0.15, -0.1) is 0 Å². The first-order valence-electron chi connectivity index (χ1n) is 43.1. The monoisotopic (exact) mass is 1950 g/mol. The number of aliphatic hydroxyl groups excluding tert-OH is 16. The van der Waals surface area contributed by atoms with Crippen LogP contribution in [0, 0.1) is 0 Å². The Bertz CT molecular complexity index is 4290. The van der Waals surface area contributed by atoms with E-state index >= 15 is 0 Å². The van der Waals surface area contributed by atoms with Crippen molar-refractivity contribution in [3.63, 3.8) is 0 Å². The smallest absolute Gasteiger partial charge is 0.320 e. The minimum absolute atomic E-state index is 0. The van der Waals surface area contributed by atoms with Gasteiger partial charge in [0.15, 0.2) is 23.1 Å². The number of carboxylic acid groups (broad SMARTS) is 2. The van der Waals surface area contributed by atoms with Crippen LogP contribution in [-0.4, -0.2) is 388 Å². The zero-order chi connectivity index (χ0) is 99.5. The van der Waals surface area contributed by atoms with Crippen molar-refractivity contribution < 1.29 is 177 Å². The summed E-state index contributed by atoms with van der Waals surface area (Å²) in [6.07, 6.45) is -10.4. The number of halogens is 1. The quantitative estimate of drug-likeness (QED) is 0.00782. The Labute approximate surface area is 789 Å². The molecule has 1 aromatic heterocycles. The number of aromatic nitrogens is 1. The number of amides is 10. The average Bonchev–Trinajstić information content (AvgIpc) is 0.756. The summed E-state index contributed by atoms with van der Waals surface area (Å²) in [5, 5.41) is 198. The van der Waals surface area contributed by atoms with E-state index in [0.717, 1.165) is 6.07 Å². The number of Topliss-reactive ketones (excluding diaryl/α,β-unsaturated/α-hetero) is 4. The van der Waals surface area contributed by atoms with E-state index in [1.165, 1.54) is 66.7 Å². The number of carbonyl (C=O) groups is 13. The number of alkyl halides is 1. The number of nitrogens with two attached hydrogens (primary N) is 1. The maximum absolute atomic E-state index is 13.6. The van der Waals surface area contributed by atoms with Gasteiger partial charge in [-0.2, -0.15) is 0 Å². The zero-order valence-electron chi connectivity index (χ0n) is 74.5. The zero-order valence-corrected chi connectivity index (χ0v) is 74.6. The first-order valence-corrected chi connectivity index (χ1v) is 42.4. The number of anilines is 4. The standard InChI is InChI=1S/C69H98N14O25.C16H23NO6.CH3F.CH4.Mn/c84-34-51(90)5-7-59(96)40-19-42(61(98)73-28-53(92)36-86)24-48(22-40)78-68(107)71-12-9-57(65(102)103)82-17-15-81(14-2-11-70-67(106)80-50-26-44(63(100)75-30-55(94)38-88)21-45(27-50)64(101)76-31-56(95)39-89)16-18-83(33-47-4-1-3-46(32-82)77-47)58(66(104)105)10-13-72-69(108)79-49-23-41(60(97)8-6-52(91)35-85)20-43(25-49)62(99)74-29-54(93)37-87;17-12-6-10(15(22)3-1-13(20)8-18)5-11(7-12)16(23)4-2-14(21)9-19;1-2;;/h1,3-4,19-27,51-58,84-95H,2,5-18,28-39H2,(H,73,98)(H,74,99)(H,75,100)(H,76,101)(H,102,103)(H,104,105)(H2,70,80,106)(H2,71,78,107)(H2,72,79,108);5-7,13-14,18-21H,1-4,8-9,17H2;1H3;1H4;/i;;1D;;. The molecule has 46 nitrogen and oxygen atoms in total. The van der Waals surface area contributed by atoms with Gasteiger partial charge in [0, 0.05) is 195 Å². The van der Waals surface area contributed by atoms with Gasteiger partial charge in [-0.1, -0.05) is 13.5 Å². The largest absolute Gasteiger partial charge is 0.480 e. The molecule has 0 saturated heterocycles. The number of hydrogen-bond acceptors (Lipinski definition) is 34. The SMILES string of the molecule is C.Nc1cc(C(=O)CCC(O)CO)cc(C(=O)CCC(O)CO)c1.O=C(NCCCN1CCN(C(CCNC(=O)Nc2cc(C(=O)CCC(O)CO)cc(C(=O)NCC(O)CO)c2)C(=O)O)Cc2cccc(n2)CN(C(CCNC(=O)Nc2cc(C(=O)CCC(O)CO)cc(C(=O)NCC(O)CO)c2)C(=O)O)CC1)Nc1cc(C(=O)NCC(O)CO)cc(C(=O)NCC(O)CO)c1.[2H]CF.[Mn]. The van der Waals surface area contributed by atoms with Crippen LogP contribution in [0.15, 0.2) is 91.0 Å². The molecule has 10 amide bonds. The minimum atomic E-state index is -1.33. The van der Waals surface area contributed by atoms with E-state index in [2.05, 4.69) is 53.2 Å². The van der Waals surface area contributed by atoms with Crippen LogP contribution in [0.25, 0.3) is 0 Å². The van der Waals surface area contributed by atoms with E-state index in [0.29, 0.717) is 11.4 Å². The molecule has 6 rings (SSSR count). The molecule has 2 heterocycles. The Morgan fingerprint density at radius 3 is 0.926 bits per heavy atom. The summed E-state index contributed by atoms with van der Waals surface area (Å²) in [7, 11) is -1.00. The van der Waals surface area contributed by atoms with Gasteiger partial charge in [0.05, 0.1) is 122 Å². The normalized spacial score (nSPS) is 14.5. The fraction of sp³-hybridized carbons (Fsp3) is 0.517. The fourth-order valence-electron chi connectivity index (χ4n) is 12.8. The van der Waals surface area contributed by atoms with Gasteiger partial charge in [-0.3, -0.25) is 67.1 Å². The van der Waals surface area contributed by atoms with Crippen molar-refractivity contribution in [2.24, 2.45) is 0 Å². The number of aliphatic hydroxyl groups is 16. The number of carboxylic acids is 2. The number of rotatable bonds is 53. The van der Waals surface area contributed by atoms with Crippen molar-refractivity contribution in [1.29, 1.82) is 0 Å². The molecule has 135 heavy (non-hydrogen) atoms. The Balaban J connectivity index is 0.00000193. The van der Waals surface area contributed by atoms with Crippen molar-refractivity contribution in [3.05, 3.63) is 147 Å². The number of pyridine rings is 1. The number of fused-ring (bicyclic) bond motifs is 2. The number of aliphatic carboxylic acids is 2. The Hall–Kier alpha value is -11.2. The summed E-state index contributed by atoms with van der Waals surface area (Å²) in [6.45, 7) is -6.84. The number of urea groups is 3. The van der Waals surface area contributed by atoms with E-state index in [9.17, 15) is 148 Å². The van der Waals surface area contributed by atoms with Crippen molar-refractivity contribution in [1.82, 2.24) is 56.9 Å². The third kappa shape index (κ3) is 44.9. The van der Waals surface area contributed by atoms with Crippen LogP contribution in [-0.2, 0) is 39.7 Å². The number of hydrogen-bond donors (Lipinski definition) is 29. The molecule has 30 N–H and O–H groups in total. The molecular formula is C87H128FMnN15O31. The third-order valence-corrected chi connectivity index (χ3v) is 20.2. The van der Waals surface area contributed by atoms with E-state index in [-0.39, 0.29) is 266 Å². The first kappa shape index (κ1) is 118. The van der Waals surface area contributed by atoms with E-state index < -0.39 is 186 Å². The molecule has 2 bridgehead atoms. The predicted octanol–water partition coefficient (Wildman–Crippen LogP) is -3.37.